The zero-order chi connectivity index (χ0) is 13.7. The molecule has 1 fully saturated rings. The van der Waals surface area contributed by atoms with Crippen LogP contribution in [0.5, 0.6) is 0 Å². The van der Waals surface area contributed by atoms with E-state index in [0.717, 1.165) is 30.8 Å². The molecule has 0 aromatic heterocycles. The van der Waals surface area contributed by atoms with Crippen LogP contribution in [0.4, 0.5) is 11.4 Å². The molecule has 2 rings (SSSR count). The van der Waals surface area contributed by atoms with Crippen LogP contribution in [0.3, 0.4) is 0 Å². The highest BCUT2D eigenvalue weighted by Crippen LogP contribution is 2.24. The molecule has 4 nitrogen and oxygen atoms in total. The summed E-state index contributed by atoms with van der Waals surface area (Å²) in [5.74, 6) is 0.669. The van der Waals surface area contributed by atoms with Gasteiger partial charge < -0.3 is 16.4 Å². The SMILES string of the molecule is CC(=O)Nc1cccc(NC[C@H]2CC[C@H](N)CC2)c1. The van der Waals surface area contributed by atoms with Crippen molar-refractivity contribution >= 4 is 17.3 Å². The zero-order valence-corrected chi connectivity index (χ0v) is 11.5. The molecule has 0 atom stereocenters. The molecule has 0 bridgehead atoms. The Balaban J connectivity index is 1.83. The van der Waals surface area contributed by atoms with Crippen LogP contribution >= 0.6 is 0 Å². The molecule has 1 aromatic carbocycles. The summed E-state index contributed by atoms with van der Waals surface area (Å²) in [6, 6.07) is 8.24. The molecule has 4 N–H and O–H groups in total. The number of anilines is 2. The Morgan fingerprint density at radius 1 is 1.26 bits per heavy atom. The molecule has 19 heavy (non-hydrogen) atoms. The fourth-order valence-electron chi connectivity index (χ4n) is 2.56. The summed E-state index contributed by atoms with van der Waals surface area (Å²) < 4.78 is 0. The van der Waals surface area contributed by atoms with Gasteiger partial charge in [-0.2, -0.15) is 0 Å². The van der Waals surface area contributed by atoms with Crippen LogP contribution in [0, 0.1) is 5.92 Å². The van der Waals surface area contributed by atoms with E-state index in [4.69, 9.17) is 5.73 Å². The summed E-state index contributed by atoms with van der Waals surface area (Å²) in [5.41, 5.74) is 7.80. The number of hydrogen-bond donors (Lipinski definition) is 3. The molecule has 1 saturated carbocycles. The third-order valence-corrected chi connectivity index (χ3v) is 3.67. The quantitative estimate of drug-likeness (QED) is 0.780. The van der Waals surface area contributed by atoms with Crippen LogP contribution in [0.15, 0.2) is 24.3 Å². The highest BCUT2D eigenvalue weighted by Gasteiger charge is 2.17. The molecule has 4 heteroatoms. The van der Waals surface area contributed by atoms with Gasteiger partial charge in [0, 0.05) is 30.9 Å². The lowest BCUT2D eigenvalue weighted by atomic mass is 9.86. The van der Waals surface area contributed by atoms with Gasteiger partial charge in [0.15, 0.2) is 0 Å². The van der Waals surface area contributed by atoms with Gasteiger partial charge in [-0.25, -0.2) is 0 Å². The maximum absolute atomic E-state index is 11.0. The smallest absolute Gasteiger partial charge is 0.221 e. The lowest BCUT2D eigenvalue weighted by Crippen LogP contribution is -2.29. The monoisotopic (exact) mass is 261 g/mol. The Labute approximate surface area is 114 Å². The van der Waals surface area contributed by atoms with Crippen LogP contribution < -0.4 is 16.4 Å². The minimum Gasteiger partial charge on any atom is -0.385 e. The van der Waals surface area contributed by atoms with Crippen molar-refractivity contribution in [2.75, 3.05) is 17.2 Å². The molecule has 0 unspecified atom stereocenters. The average molecular weight is 261 g/mol. The number of carbonyl (C=O) groups is 1. The summed E-state index contributed by atoms with van der Waals surface area (Å²) >= 11 is 0. The lowest BCUT2D eigenvalue weighted by molar-refractivity contribution is -0.114. The summed E-state index contributed by atoms with van der Waals surface area (Å²) in [4.78, 5) is 11.0. The summed E-state index contributed by atoms with van der Waals surface area (Å²) in [6.07, 6.45) is 4.69. The summed E-state index contributed by atoms with van der Waals surface area (Å²) in [7, 11) is 0. The van der Waals surface area contributed by atoms with Crippen molar-refractivity contribution in [3.8, 4) is 0 Å². The molecule has 0 saturated heterocycles. The van der Waals surface area contributed by atoms with Gasteiger partial charge in [0.25, 0.3) is 0 Å². The second kappa shape index (κ2) is 6.57. The predicted octanol–water partition coefficient (Wildman–Crippen LogP) is 2.57. The second-order valence-corrected chi connectivity index (χ2v) is 5.42. The van der Waals surface area contributed by atoms with E-state index in [2.05, 4.69) is 10.6 Å². The van der Waals surface area contributed by atoms with Crippen molar-refractivity contribution in [3.63, 3.8) is 0 Å². The van der Waals surface area contributed by atoms with E-state index in [1.165, 1.54) is 19.8 Å². The van der Waals surface area contributed by atoms with Crippen LogP contribution in [0.25, 0.3) is 0 Å². The number of rotatable bonds is 4. The van der Waals surface area contributed by atoms with Gasteiger partial charge in [0.05, 0.1) is 0 Å². The van der Waals surface area contributed by atoms with Crippen LogP contribution in [-0.2, 0) is 4.79 Å². The Morgan fingerprint density at radius 2 is 1.95 bits per heavy atom. The first-order valence-electron chi connectivity index (χ1n) is 7.00. The fraction of sp³-hybridized carbons (Fsp3) is 0.533. The molecule has 1 amide bonds. The van der Waals surface area contributed by atoms with Crippen molar-refractivity contribution < 1.29 is 4.79 Å². The fourth-order valence-corrected chi connectivity index (χ4v) is 2.56. The Morgan fingerprint density at radius 3 is 2.63 bits per heavy atom. The number of amides is 1. The second-order valence-electron chi connectivity index (χ2n) is 5.42. The summed E-state index contributed by atoms with van der Waals surface area (Å²) in [6.45, 7) is 2.50. The lowest BCUT2D eigenvalue weighted by Gasteiger charge is -2.26. The first-order valence-corrected chi connectivity index (χ1v) is 7.00. The third kappa shape index (κ3) is 4.56. The van der Waals surface area contributed by atoms with Crippen LogP contribution in [-0.4, -0.2) is 18.5 Å². The van der Waals surface area contributed by atoms with E-state index in [0.29, 0.717) is 12.0 Å². The normalized spacial score (nSPS) is 22.8. The number of nitrogens with one attached hydrogen (secondary N) is 2. The van der Waals surface area contributed by atoms with Gasteiger partial charge in [-0.15, -0.1) is 0 Å². The van der Waals surface area contributed by atoms with Crippen molar-refractivity contribution in [1.82, 2.24) is 0 Å². The highest BCUT2D eigenvalue weighted by atomic mass is 16.1. The predicted molar refractivity (Wildman–Crippen MR) is 79.2 cm³/mol. The maximum atomic E-state index is 11.0. The van der Waals surface area contributed by atoms with Gasteiger partial charge >= 0.3 is 0 Å². The molecule has 0 spiro atoms. The average Bonchev–Trinajstić information content (AvgIpc) is 2.38. The molecular formula is C15H23N3O. The largest absolute Gasteiger partial charge is 0.385 e. The van der Waals surface area contributed by atoms with Crippen molar-refractivity contribution in [2.24, 2.45) is 11.7 Å². The van der Waals surface area contributed by atoms with E-state index in [9.17, 15) is 4.79 Å². The number of hydrogen-bond acceptors (Lipinski definition) is 3. The van der Waals surface area contributed by atoms with Crippen molar-refractivity contribution in [2.45, 2.75) is 38.6 Å². The molecule has 1 aliphatic rings. The standard InChI is InChI=1S/C15H23N3O/c1-11(19)18-15-4-2-3-14(9-15)17-10-12-5-7-13(16)8-6-12/h2-4,9,12-13,17H,5-8,10,16H2,1H3,(H,18,19)/t12-,13-. The Bertz CT molecular complexity index is 425. The Kier molecular flexibility index (Phi) is 4.80. The van der Waals surface area contributed by atoms with E-state index in [1.54, 1.807) is 0 Å². The number of carbonyl (C=O) groups excluding carboxylic acids is 1. The molecule has 0 radical (unpaired) electrons. The zero-order valence-electron chi connectivity index (χ0n) is 11.5. The highest BCUT2D eigenvalue weighted by molar-refractivity contribution is 5.89. The van der Waals surface area contributed by atoms with Gasteiger partial charge in [0.1, 0.15) is 0 Å². The molecule has 1 aromatic rings. The topological polar surface area (TPSA) is 67.2 Å². The van der Waals surface area contributed by atoms with Crippen LogP contribution in [0.1, 0.15) is 32.6 Å². The number of benzene rings is 1. The number of nitrogens with two attached hydrogens (primary N) is 1. The minimum absolute atomic E-state index is 0.0431. The van der Waals surface area contributed by atoms with Gasteiger partial charge in [-0.05, 0) is 49.8 Å². The maximum Gasteiger partial charge on any atom is 0.221 e. The van der Waals surface area contributed by atoms with Gasteiger partial charge in [-0.1, -0.05) is 6.07 Å². The molecule has 0 aliphatic heterocycles. The van der Waals surface area contributed by atoms with E-state index >= 15 is 0 Å². The van der Waals surface area contributed by atoms with Gasteiger partial charge in [0.2, 0.25) is 5.91 Å². The molecular weight excluding hydrogens is 238 g/mol. The minimum atomic E-state index is -0.0431. The summed E-state index contributed by atoms with van der Waals surface area (Å²) in [5, 5.41) is 6.24. The Hall–Kier alpha value is -1.55. The van der Waals surface area contributed by atoms with Gasteiger partial charge in [-0.3, -0.25) is 4.79 Å². The third-order valence-electron chi connectivity index (χ3n) is 3.67. The van der Waals surface area contributed by atoms with E-state index in [-0.39, 0.29) is 5.91 Å². The first-order chi connectivity index (χ1) is 9.13. The molecule has 104 valence electrons. The first kappa shape index (κ1) is 13.9. The van der Waals surface area contributed by atoms with E-state index < -0.39 is 0 Å². The van der Waals surface area contributed by atoms with Crippen molar-refractivity contribution in [3.05, 3.63) is 24.3 Å². The van der Waals surface area contributed by atoms with Crippen LogP contribution in [0.2, 0.25) is 0 Å². The molecule has 1 aliphatic carbocycles. The van der Waals surface area contributed by atoms with Crippen molar-refractivity contribution in [1.29, 1.82) is 0 Å². The van der Waals surface area contributed by atoms with E-state index in [1.807, 2.05) is 24.3 Å². The molecule has 0 heterocycles.